The molecule has 0 aromatic heterocycles. The lowest BCUT2D eigenvalue weighted by atomic mass is 9.68. The molecule has 3 aliphatic rings. The van der Waals surface area contributed by atoms with Gasteiger partial charge in [0.15, 0.2) is 0 Å². The van der Waals surface area contributed by atoms with E-state index in [9.17, 15) is 19.2 Å². The summed E-state index contributed by atoms with van der Waals surface area (Å²) in [7, 11) is 2.86. The third-order valence-corrected chi connectivity index (χ3v) is 5.98. The fraction of sp³-hybridized carbons (Fsp3) is 0.450. The maximum absolute atomic E-state index is 13.0. The predicted octanol–water partition coefficient (Wildman–Crippen LogP) is 0.688. The van der Waals surface area contributed by atoms with Gasteiger partial charge in [-0.15, -0.1) is 0 Å². The lowest BCUT2D eigenvalue weighted by molar-refractivity contribution is -0.139. The second-order valence-electron chi connectivity index (χ2n) is 7.32. The van der Waals surface area contributed by atoms with E-state index in [1.807, 2.05) is 19.1 Å². The van der Waals surface area contributed by atoms with Crippen LogP contribution in [0.15, 0.2) is 29.3 Å². The highest BCUT2D eigenvalue weighted by Crippen LogP contribution is 2.53. The Balaban J connectivity index is 1.96. The Hall–Kier alpha value is -3.03. The van der Waals surface area contributed by atoms with Crippen LogP contribution in [-0.2, 0) is 29.5 Å². The molecule has 0 bridgehead atoms. The number of aliphatic imine (C=N–C) groups is 1. The van der Waals surface area contributed by atoms with Crippen LogP contribution in [0.5, 0.6) is 0 Å². The van der Waals surface area contributed by atoms with Crippen LogP contribution in [-0.4, -0.2) is 60.0 Å². The number of carbonyl (C=O) groups excluding carboxylic acids is 4. The molecule has 1 aromatic rings. The van der Waals surface area contributed by atoms with Crippen LogP contribution in [0.1, 0.15) is 30.9 Å². The number of hydrogen-bond donors (Lipinski definition) is 0. The summed E-state index contributed by atoms with van der Waals surface area (Å²) >= 11 is 0. The highest BCUT2D eigenvalue weighted by molar-refractivity contribution is 6.09. The van der Waals surface area contributed by atoms with Gasteiger partial charge in [-0.25, -0.2) is 4.99 Å². The number of nitrogens with zero attached hydrogens (tertiary/aromatic N) is 3. The van der Waals surface area contributed by atoms with E-state index in [1.165, 1.54) is 14.1 Å². The number of imide groups is 2. The van der Waals surface area contributed by atoms with Crippen molar-refractivity contribution in [2.45, 2.75) is 25.3 Å². The van der Waals surface area contributed by atoms with E-state index in [0.29, 0.717) is 23.6 Å². The topological polar surface area (TPSA) is 96.3 Å². The van der Waals surface area contributed by atoms with Gasteiger partial charge < -0.3 is 4.74 Å². The number of fused-ring (bicyclic) bond motifs is 1. The standard InChI is InChI=1S/C20H21N3O5/c1-4-28-17-11-7-5-6-8-12(11)20(21-17,13-9-15(24)22(2)18(13)26)14-10-16(25)23(3)19(14)27/h5-8,13-14H,4,9-10H2,1-3H3. The van der Waals surface area contributed by atoms with Crippen LogP contribution in [0.4, 0.5) is 0 Å². The van der Waals surface area contributed by atoms with Crippen LogP contribution in [0, 0.1) is 11.8 Å². The van der Waals surface area contributed by atoms with Gasteiger partial charge in [0, 0.05) is 32.5 Å². The summed E-state index contributed by atoms with van der Waals surface area (Å²) in [5, 5.41) is 0. The molecule has 2 fully saturated rings. The van der Waals surface area contributed by atoms with E-state index in [-0.39, 0.29) is 24.7 Å². The van der Waals surface area contributed by atoms with E-state index < -0.39 is 29.2 Å². The first-order valence-electron chi connectivity index (χ1n) is 9.26. The summed E-state index contributed by atoms with van der Waals surface area (Å²) in [4.78, 5) is 57.5. The van der Waals surface area contributed by atoms with E-state index in [4.69, 9.17) is 9.73 Å². The molecule has 2 saturated heterocycles. The molecule has 4 rings (SSSR count). The summed E-state index contributed by atoms with van der Waals surface area (Å²) in [5.74, 6) is -2.82. The summed E-state index contributed by atoms with van der Waals surface area (Å²) in [6, 6.07) is 7.25. The smallest absolute Gasteiger partial charge is 0.235 e. The summed E-state index contributed by atoms with van der Waals surface area (Å²) in [6.45, 7) is 2.18. The van der Waals surface area contributed by atoms with Gasteiger partial charge in [0.2, 0.25) is 29.5 Å². The van der Waals surface area contributed by atoms with Gasteiger partial charge in [0.05, 0.1) is 18.4 Å². The van der Waals surface area contributed by atoms with Crippen molar-refractivity contribution in [2.75, 3.05) is 20.7 Å². The van der Waals surface area contributed by atoms with Crippen molar-refractivity contribution in [1.29, 1.82) is 0 Å². The summed E-state index contributed by atoms with van der Waals surface area (Å²) < 4.78 is 5.71. The monoisotopic (exact) mass is 383 g/mol. The molecule has 0 aliphatic carbocycles. The lowest BCUT2D eigenvalue weighted by Crippen LogP contribution is -2.46. The molecule has 8 nitrogen and oxygen atoms in total. The van der Waals surface area contributed by atoms with E-state index in [0.717, 1.165) is 9.80 Å². The summed E-state index contributed by atoms with van der Waals surface area (Å²) in [6.07, 6.45) is -0.123. The normalized spacial score (nSPS) is 29.6. The molecular formula is C20H21N3O5. The van der Waals surface area contributed by atoms with Gasteiger partial charge >= 0.3 is 0 Å². The van der Waals surface area contributed by atoms with Gasteiger partial charge in [-0.1, -0.05) is 18.2 Å². The molecule has 1 aromatic carbocycles. The van der Waals surface area contributed by atoms with Crippen LogP contribution in [0.2, 0.25) is 0 Å². The number of amides is 4. The number of carbonyl (C=O) groups is 4. The Morgan fingerprint density at radius 1 is 1.00 bits per heavy atom. The Labute approximate surface area is 162 Å². The zero-order valence-electron chi connectivity index (χ0n) is 16.0. The van der Waals surface area contributed by atoms with Crippen molar-refractivity contribution in [3.05, 3.63) is 35.4 Å². The predicted molar refractivity (Wildman–Crippen MR) is 98.1 cm³/mol. The highest BCUT2D eigenvalue weighted by Gasteiger charge is 2.63. The molecule has 3 aliphatic heterocycles. The molecule has 0 N–H and O–H groups in total. The Morgan fingerprint density at radius 3 is 2.00 bits per heavy atom. The van der Waals surface area contributed by atoms with Crippen molar-refractivity contribution in [3.8, 4) is 0 Å². The lowest BCUT2D eigenvalue weighted by Gasteiger charge is -2.35. The van der Waals surface area contributed by atoms with Crippen molar-refractivity contribution < 1.29 is 23.9 Å². The molecule has 0 spiro atoms. The first kappa shape index (κ1) is 18.3. The van der Waals surface area contributed by atoms with Gasteiger partial charge in [0.1, 0.15) is 5.54 Å². The molecule has 2 atom stereocenters. The maximum atomic E-state index is 13.0. The van der Waals surface area contributed by atoms with E-state index in [2.05, 4.69) is 0 Å². The first-order valence-corrected chi connectivity index (χ1v) is 9.26. The quantitative estimate of drug-likeness (QED) is 0.716. The number of ether oxygens (including phenoxy) is 1. The molecular weight excluding hydrogens is 362 g/mol. The molecule has 8 heteroatoms. The first-order chi connectivity index (χ1) is 13.3. The maximum Gasteiger partial charge on any atom is 0.235 e. The zero-order valence-corrected chi connectivity index (χ0v) is 16.0. The van der Waals surface area contributed by atoms with Crippen molar-refractivity contribution in [2.24, 2.45) is 16.8 Å². The van der Waals surface area contributed by atoms with Gasteiger partial charge in [-0.05, 0) is 18.6 Å². The van der Waals surface area contributed by atoms with Crippen LogP contribution in [0.3, 0.4) is 0 Å². The minimum Gasteiger partial charge on any atom is -0.478 e. The fourth-order valence-electron chi connectivity index (χ4n) is 4.53. The van der Waals surface area contributed by atoms with Crippen molar-refractivity contribution in [1.82, 2.24) is 9.80 Å². The Bertz CT molecular complexity index is 898. The number of benzene rings is 1. The van der Waals surface area contributed by atoms with Crippen LogP contribution in [0.25, 0.3) is 0 Å². The SMILES string of the molecule is CCOC1=NC(C2CC(=O)N(C)C2=O)(C2CC(=O)N(C)C2=O)c2ccccc21. The number of hydrogen-bond acceptors (Lipinski definition) is 6. The average Bonchev–Trinajstić information content (AvgIpc) is 3.25. The van der Waals surface area contributed by atoms with Crippen LogP contribution < -0.4 is 0 Å². The third kappa shape index (κ3) is 2.26. The molecule has 4 amide bonds. The number of likely N-dealkylation sites (tertiary alicyclic amines) is 2. The molecule has 3 heterocycles. The molecule has 146 valence electrons. The Kier molecular flexibility index (Phi) is 4.10. The molecule has 0 saturated carbocycles. The number of rotatable bonds is 3. The Morgan fingerprint density at radius 2 is 1.54 bits per heavy atom. The van der Waals surface area contributed by atoms with E-state index in [1.54, 1.807) is 12.1 Å². The van der Waals surface area contributed by atoms with Crippen molar-refractivity contribution in [3.63, 3.8) is 0 Å². The molecule has 28 heavy (non-hydrogen) atoms. The van der Waals surface area contributed by atoms with Gasteiger partial charge in [-0.2, -0.15) is 0 Å². The second-order valence-corrected chi connectivity index (χ2v) is 7.32. The minimum absolute atomic E-state index is 0.0613. The average molecular weight is 383 g/mol. The fourth-order valence-corrected chi connectivity index (χ4v) is 4.53. The third-order valence-electron chi connectivity index (χ3n) is 5.98. The largest absolute Gasteiger partial charge is 0.478 e. The molecule has 2 unspecified atom stereocenters. The highest BCUT2D eigenvalue weighted by atomic mass is 16.5. The summed E-state index contributed by atoms with van der Waals surface area (Å²) in [5.41, 5.74) is 0.00568. The van der Waals surface area contributed by atoms with Crippen molar-refractivity contribution >= 4 is 29.5 Å². The second kappa shape index (κ2) is 6.25. The van der Waals surface area contributed by atoms with Gasteiger partial charge in [0.25, 0.3) is 0 Å². The zero-order chi connectivity index (χ0) is 20.2. The van der Waals surface area contributed by atoms with E-state index >= 15 is 0 Å². The molecule has 0 radical (unpaired) electrons. The van der Waals surface area contributed by atoms with Crippen LogP contribution >= 0.6 is 0 Å². The van der Waals surface area contributed by atoms with Gasteiger partial charge in [-0.3, -0.25) is 29.0 Å². The minimum atomic E-state index is -1.34.